The second-order valence-electron chi connectivity index (χ2n) is 4.67. The largest absolute Gasteiger partial charge is 0.294 e. The van der Waals surface area contributed by atoms with Crippen molar-refractivity contribution in [2.24, 2.45) is 0 Å². The molecule has 0 atom stereocenters. The van der Waals surface area contributed by atoms with Crippen LogP contribution in [0.2, 0.25) is 0 Å². The molecule has 3 heterocycles. The Kier molecular flexibility index (Phi) is 3.55. The number of amides is 1. The highest BCUT2D eigenvalue weighted by atomic mass is 16.1. The van der Waals surface area contributed by atoms with Crippen molar-refractivity contribution in [2.45, 2.75) is 19.8 Å². The predicted octanol–water partition coefficient (Wildman–Crippen LogP) is 1.40. The van der Waals surface area contributed by atoms with Crippen LogP contribution in [-0.2, 0) is 11.2 Å². The number of nitrogens with zero attached hydrogens (tertiary/aromatic N) is 5. The Labute approximate surface area is 121 Å². The van der Waals surface area contributed by atoms with Crippen molar-refractivity contribution in [3.63, 3.8) is 0 Å². The lowest BCUT2D eigenvalue weighted by Crippen LogP contribution is -2.14. The first-order chi connectivity index (χ1) is 10.2. The number of hydrogen-bond acceptors (Lipinski definition) is 5. The molecule has 21 heavy (non-hydrogen) atoms. The van der Waals surface area contributed by atoms with Crippen molar-refractivity contribution >= 4 is 17.6 Å². The van der Waals surface area contributed by atoms with Gasteiger partial charge in [-0.25, -0.2) is 4.98 Å². The van der Waals surface area contributed by atoms with E-state index in [0.29, 0.717) is 24.6 Å². The minimum atomic E-state index is -0.117. The number of pyridine rings is 1. The smallest absolute Gasteiger partial charge is 0.256 e. The SMILES string of the molecule is Cc1ccn2c(NC(=O)CCc3cccnc3)nnc2n1. The minimum absolute atomic E-state index is 0.117. The molecule has 7 nitrogen and oxygen atoms in total. The number of carbonyl (C=O) groups excluding carboxylic acids is 1. The van der Waals surface area contributed by atoms with Crippen LogP contribution in [0.3, 0.4) is 0 Å². The monoisotopic (exact) mass is 282 g/mol. The number of aryl methyl sites for hydroxylation is 2. The fourth-order valence-electron chi connectivity index (χ4n) is 1.95. The molecule has 0 spiro atoms. The molecule has 0 aromatic carbocycles. The van der Waals surface area contributed by atoms with Crippen molar-refractivity contribution in [2.75, 3.05) is 5.32 Å². The lowest BCUT2D eigenvalue weighted by molar-refractivity contribution is -0.116. The van der Waals surface area contributed by atoms with Gasteiger partial charge in [0, 0.05) is 30.7 Å². The van der Waals surface area contributed by atoms with Crippen molar-refractivity contribution in [1.82, 2.24) is 24.6 Å². The van der Waals surface area contributed by atoms with E-state index in [2.05, 4.69) is 25.5 Å². The number of nitrogens with one attached hydrogen (secondary N) is 1. The van der Waals surface area contributed by atoms with Crippen LogP contribution < -0.4 is 5.32 Å². The molecule has 3 rings (SSSR count). The Hall–Kier alpha value is -2.83. The number of aromatic nitrogens is 5. The Bertz CT molecular complexity index is 767. The molecule has 0 fully saturated rings. The first-order valence-corrected chi connectivity index (χ1v) is 6.59. The van der Waals surface area contributed by atoms with Crippen LogP contribution in [0.5, 0.6) is 0 Å². The van der Waals surface area contributed by atoms with E-state index in [1.54, 1.807) is 23.0 Å². The number of rotatable bonds is 4. The van der Waals surface area contributed by atoms with Gasteiger partial charge in [-0.05, 0) is 31.0 Å². The lowest BCUT2D eigenvalue weighted by atomic mass is 10.1. The van der Waals surface area contributed by atoms with Gasteiger partial charge in [0.15, 0.2) is 0 Å². The number of hydrogen-bond donors (Lipinski definition) is 1. The van der Waals surface area contributed by atoms with Crippen LogP contribution in [0, 0.1) is 6.92 Å². The lowest BCUT2D eigenvalue weighted by Gasteiger charge is -2.03. The Morgan fingerprint density at radius 3 is 3.05 bits per heavy atom. The second-order valence-corrected chi connectivity index (χ2v) is 4.67. The predicted molar refractivity (Wildman–Crippen MR) is 76.7 cm³/mol. The van der Waals surface area contributed by atoms with Gasteiger partial charge in [-0.15, -0.1) is 10.2 Å². The van der Waals surface area contributed by atoms with E-state index in [1.807, 2.05) is 25.1 Å². The van der Waals surface area contributed by atoms with Crippen molar-refractivity contribution in [3.8, 4) is 0 Å². The highest BCUT2D eigenvalue weighted by molar-refractivity contribution is 5.89. The Morgan fingerprint density at radius 2 is 2.24 bits per heavy atom. The summed E-state index contributed by atoms with van der Waals surface area (Å²) in [6.45, 7) is 1.88. The third kappa shape index (κ3) is 3.02. The molecule has 0 bridgehead atoms. The van der Waals surface area contributed by atoms with Gasteiger partial charge in [-0.2, -0.15) is 0 Å². The van der Waals surface area contributed by atoms with Crippen LogP contribution in [0.4, 0.5) is 5.95 Å². The van der Waals surface area contributed by atoms with Crippen LogP contribution in [0.25, 0.3) is 5.78 Å². The van der Waals surface area contributed by atoms with E-state index >= 15 is 0 Å². The minimum Gasteiger partial charge on any atom is -0.294 e. The fraction of sp³-hybridized carbons (Fsp3) is 0.214. The van der Waals surface area contributed by atoms with Crippen LogP contribution in [0.1, 0.15) is 17.7 Å². The summed E-state index contributed by atoms with van der Waals surface area (Å²) >= 11 is 0. The molecule has 7 heteroatoms. The normalized spacial score (nSPS) is 10.7. The Balaban J connectivity index is 1.66. The number of fused-ring (bicyclic) bond motifs is 1. The molecule has 0 unspecified atom stereocenters. The number of anilines is 1. The van der Waals surface area contributed by atoms with E-state index < -0.39 is 0 Å². The third-order valence-corrected chi connectivity index (χ3v) is 3.03. The Morgan fingerprint density at radius 1 is 1.33 bits per heavy atom. The van der Waals surface area contributed by atoms with Gasteiger partial charge in [0.2, 0.25) is 11.9 Å². The molecule has 3 aromatic heterocycles. The molecule has 0 radical (unpaired) electrons. The summed E-state index contributed by atoms with van der Waals surface area (Å²) < 4.78 is 1.65. The first-order valence-electron chi connectivity index (χ1n) is 6.59. The summed E-state index contributed by atoms with van der Waals surface area (Å²) in [6, 6.07) is 5.63. The van der Waals surface area contributed by atoms with Crippen LogP contribution in [-0.4, -0.2) is 30.5 Å². The van der Waals surface area contributed by atoms with Gasteiger partial charge in [0.1, 0.15) is 0 Å². The van der Waals surface area contributed by atoms with Crippen molar-refractivity contribution < 1.29 is 4.79 Å². The fourth-order valence-corrected chi connectivity index (χ4v) is 1.95. The highest BCUT2D eigenvalue weighted by Crippen LogP contribution is 2.08. The van der Waals surface area contributed by atoms with Gasteiger partial charge in [-0.3, -0.25) is 19.5 Å². The molecular formula is C14H14N6O. The maximum atomic E-state index is 12.0. The van der Waals surface area contributed by atoms with Crippen molar-refractivity contribution in [1.29, 1.82) is 0 Å². The highest BCUT2D eigenvalue weighted by Gasteiger charge is 2.10. The van der Waals surface area contributed by atoms with E-state index in [-0.39, 0.29) is 5.91 Å². The molecule has 1 amide bonds. The summed E-state index contributed by atoms with van der Waals surface area (Å²) in [7, 11) is 0. The van der Waals surface area contributed by atoms with E-state index in [0.717, 1.165) is 11.3 Å². The molecule has 0 aliphatic rings. The summed E-state index contributed by atoms with van der Waals surface area (Å²) in [5.74, 6) is 0.736. The maximum Gasteiger partial charge on any atom is 0.256 e. The number of carbonyl (C=O) groups is 1. The summed E-state index contributed by atoms with van der Waals surface area (Å²) in [5.41, 5.74) is 1.88. The zero-order chi connectivity index (χ0) is 14.7. The van der Waals surface area contributed by atoms with Gasteiger partial charge < -0.3 is 0 Å². The quantitative estimate of drug-likeness (QED) is 0.781. The van der Waals surface area contributed by atoms with Crippen LogP contribution in [0.15, 0.2) is 36.8 Å². The topological polar surface area (TPSA) is 85.1 Å². The second kappa shape index (κ2) is 5.66. The molecule has 0 aliphatic heterocycles. The zero-order valence-electron chi connectivity index (χ0n) is 11.5. The summed E-state index contributed by atoms with van der Waals surface area (Å²) in [5, 5.41) is 10.6. The van der Waals surface area contributed by atoms with Crippen molar-refractivity contribution in [3.05, 3.63) is 48.0 Å². The average molecular weight is 282 g/mol. The van der Waals surface area contributed by atoms with E-state index in [9.17, 15) is 4.79 Å². The standard InChI is InChI=1S/C14H14N6O/c1-10-6-8-20-13(16-10)18-19-14(20)17-12(21)5-4-11-3-2-7-15-9-11/h2-3,6-9H,4-5H2,1H3,(H,17,19,21). The molecule has 0 saturated carbocycles. The van der Waals surface area contributed by atoms with E-state index in [1.165, 1.54) is 0 Å². The molecular weight excluding hydrogens is 268 g/mol. The van der Waals surface area contributed by atoms with Gasteiger partial charge in [0.05, 0.1) is 0 Å². The van der Waals surface area contributed by atoms with Crippen LogP contribution >= 0.6 is 0 Å². The summed E-state index contributed by atoms with van der Waals surface area (Å²) in [4.78, 5) is 20.2. The zero-order valence-corrected chi connectivity index (χ0v) is 11.5. The third-order valence-electron chi connectivity index (χ3n) is 3.03. The average Bonchev–Trinajstić information content (AvgIpc) is 2.88. The molecule has 3 aromatic rings. The molecule has 1 N–H and O–H groups in total. The molecule has 0 saturated heterocycles. The van der Waals surface area contributed by atoms with Gasteiger partial charge in [0.25, 0.3) is 5.78 Å². The first kappa shape index (κ1) is 13.2. The summed E-state index contributed by atoms with van der Waals surface area (Å²) in [6.07, 6.45) is 6.25. The maximum absolute atomic E-state index is 12.0. The van der Waals surface area contributed by atoms with E-state index in [4.69, 9.17) is 0 Å². The molecule has 106 valence electrons. The van der Waals surface area contributed by atoms with Gasteiger partial charge in [-0.1, -0.05) is 6.07 Å². The van der Waals surface area contributed by atoms with Gasteiger partial charge >= 0.3 is 0 Å². The molecule has 0 aliphatic carbocycles.